The molecule has 0 fully saturated rings. The molecule has 0 saturated carbocycles. The third-order valence-corrected chi connectivity index (χ3v) is 6.38. The van der Waals surface area contributed by atoms with Gasteiger partial charge in [0.15, 0.2) is 0 Å². The van der Waals surface area contributed by atoms with Gasteiger partial charge in [-0.2, -0.15) is 10.2 Å². The average molecular weight is 539 g/mol. The summed E-state index contributed by atoms with van der Waals surface area (Å²) in [7, 11) is 0. The van der Waals surface area contributed by atoms with Crippen molar-refractivity contribution >= 4 is 35.6 Å². The molecular formula is C29H42N6O4. The van der Waals surface area contributed by atoms with Crippen LogP contribution in [0.3, 0.4) is 0 Å². The molecule has 2 aromatic carbocycles. The van der Waals surface area contributed by atoms with Crippen molar-refractivity contribution in [3.8, 4) is 11.5 Å². The summed E-state index contributed by atoms with van der Waals surface area (Å²) in [6.07, 6.45) is 5.35. The molecule has 39 heavy (non-hydrogen) atoms. The number of nitrogens with one attached hydrogen (secondary N) is 2. The van der Waals surface area contributed by atoms with E-state index in [2.05, 4.69) is 58.5 Å². The Morgan fingerprint density at radius 1 is 0.692 bits per heavy atom. The largest absolute Gasteiger partial charge is 0.507 e. The average Bonchev–Trinajstić information content (AvgIpc) is 2.92. The second-order valence-corrected chi connectivity index (χ2v) is 8.98. The van der Waals surface area contributed by atoms with Gasteiger partial charge in [0.2, 0.25) is 11.8 Å². The summed E-state index contributed by atoms with van der Waals surface area (Å²) in [5.74, 6) is -0.257. The molecule has 0 heterocycles. The smallest absolute Gasteiger partial charge is 0.240 e. The zero-order valence-corrected chi connectivity index (χ0v) is 23.5. The Balaban J connectivity index is 1.65. The van der Waals surface area contributed by atoms with Crippen LogP contribution in [0.1, 0.15) is 70.9 Å². The van der Waals surface area contributed by atoms with Gasteiger partial charge in [0.05, 0.1) is 12.4 Å². The molecule has 0 spiro atoms. The van der Waals surface area contributed by atoms with E-state index in [1.807, 2.05) is 12.1 Å². The van der Waals surface area contributed by atoms with E-state index in [1.54, 1.807) is 24.3 Å². The molecule has 0 aromatic heterocycles. The van der Waals surface area contributed by atoms with E-state index in [0.717, 1.165) is 37.6 Å². The number of carbonyl (C=O) groups excluding carboxylic acids is 2. The molecule has 0 aliphatic carbocycles. The van der Waals surface area contributed by atoms with E-state index >= 15 is 0 Å². The van der Waals surface area contributed by atoms with Crippen LogP contribution in [0, 0.1) is 0 Å². The number of aromatic hydroxyl groups is 2. The molecule has 2 aromatic rings. The summed E-state index contributed by atoms with van der Waals surface area (Å²) < 4.78 is 0. The molecule has 2 amide bonds. The van der Waals surface area contributed by atoms with Crippen LogP contribution < -0.4 is 20.7 Å². The summed E-state index contributed by atoms with van der Waals surface area (Å²) >= 11 is 0. The molecule has 2 rings (SSSR count). The molecule has 4 N–H and O–H groups in total. The lowest BCUT2D eigenvalue weighted by molar-refractivity contribution is -0.121. The van der Waals surface area contributed by atoms with Crippen molar-refractivity contribution in [2.75, 3.05) is 36.0 Å². The zero-order valence-electron chi connectivity index (χ0n) is 23.5. The summed E-state index contributed by atoms with van der Waals surface area (Å²) in [5, 5.41) is 28.3. The summed E-state index contributed by atoms with van der Waals surface area (Å²) in [4.78, 5) is 28.3. The third-order valence-electron chi connectivity index (χ3n) is 6.38. The standard InChI is InChI=1S/C29H42N6O4/c1-5-34(6-2)24-16-14-22(26(36)18-24)20-30-32-28(38)12-10-9-11-13-29(39)33-31-21-23-15-17-25(19-27(23)37)35(7-3)8-4/h14-21,36-37H,5-13H2,1-4H3,(H,32,38)(H,33,39)/b30-20+,31-21+. The van der Waals surface area contributed by atoms with E-state index in [0.29, 0.717) is 30.4 Å². The number of benzene rings is 2. The van der Waals surface area contributed by atoms with Gasteiger partial charge < -0.3 is 20.0 Å². The quantitative estimate of drug-likeness (QED) is 0.143. The molecule has 0 radical (unpaired) electrons. The lowest BCUT2D eigenvalue weighted by atomic mass is 10.1. The number of unbranched alkanes of at least 4 members (excludes halogenated alkanes) is 2. The van der Waals surface area contributed by atoms with Gasteiger partial charge in [-0.25, -0.2) is 10.9 Å². The molecule has 0 unspecified atom stereocenters. The van der Waals surface area contributed by atoms with Crippen LogP contribution in [0.5, 0.6) is 11.5 Å². The first-order valence-corrected chi connectivity index (χ1v) is 13.6. The van der Waals surface area contributed by atoms with Crippen LogP contribution in [0.15, 0.2) is 46.6 Å². The van der Waals surface area contributed by atoms with Gasteiger partial charge in [-0.05, 0) is 64.8 Å². The van der Waals surface area contributed by atoms with Crippen LogP contribution in [0.25, 0.3) is 0 Å². The Morgan fingerprint density at radius 3 is 1.41 bits per heavy atom. The number of rotatable bonds is 16. The Labute approximate surface area is 231 Å². The first kappa shape index (κ1) is 31.1. The zero-order chi connectivity index (χ0) is 28.6. The molecule has 0 saturated heterocycles. The highest BCUT2D eigenvalue weighted by Crippen LogP contribution is 2.24. The predicted molar refractivity (Wildman–Crippen MR) is 158 cm³/mol. The Hall–Kier alpha value is -4.08. The van der Waals surface area contributed by atoms with Crippen molar-refractivity contribution in [1.29, 1.82) is 0 Å². The molecule has 0 atom stereocenters. The van der Waals surface area contributed by atoms with E-state index < -0.39 is 0 Å². The normalized spacial score (nSPS) is 11.2. The fourth-order valence-corrected chi connectivity index (χ4v) is 4.06. The minimum absolute atomic E-state index is 0.102. The second-order valence-electron chi connectivity index (χ2n) is 8.98. The Kier molecular flexibility index (Phi) is 13.3. The lowest BCUT2D eigenvalue weighted by Gasteiger charge is -2.21. The maximum Gasteiger partial charge on any atom is 0.240 e. The number of hydrogen-bond acceptors (Lipinski definition) is 8. The lowest BCUT2D eigenvalue weighted by Crippen LogP contribution is -2.21. The van der Waals surface area contributed by atoms with Gasteiger partial charge >= 0.3 is 0 Å². The first-order valence-electron chi connectivity index (χ1n) is 13.6. The van der Waals surface area contributed by atoms with Crippen LogP contribution >= 0.6 is 0 Å². The van der Waals surface area contributed by atoms with Crippen LogP contribution in [-0.2, 0) is 9.59 Å². The monoisotopic (exact) mass is 538 g/mol. The molecule has 0 aliphatic rings. The molecule has 10 heteroatoms. The molecular weight excluding hydrogens is 496 g/mol. The van der Waals surface area contributed by atoms with E-state index in [-0.39, 0.29) is 36.2 Å². The van der Waals surface area contributed by atoms with Gasteiger partial charge in [-0.15, -0.1) is 0 Å². The first-order chi connectivity index (χ1) is 18.8. The highest BCUT2D eigenvalue weighted by atomic mass is 16.3. The maximum absolute atomic E-state index is 12.0. The molecule has 10 nitrogen and oxygen atoms in total. The Bertz CT molecular complexity index is 1040. The van der Waals surface area contributed by atoms with E-state index in [4.69, 9.17) is 0 Å². The third kappa shape index (κ3) is 10.3. The number of phenols is 2. The van der Waals surface area contributed by atoms with Gasteiger partial charge in [-0.3, -0.25) is 9.59 Å². The highest BCUT2D eigenvalue weighted by molar-refractivity contribution is 5.87. The summed E-state index contributed by atoms with van der Waals surface area (Å²) in [6, 6.07) is 10.7. The molecule has 212 valence electrons. The molecule has 0 bridgehead atoms. The van der Waals surface area contributed by atoms with Gasteiger partial charge in [-0.1, -0.05) is 6.42 Å². The minimum atomic E-state index is -0.230. The number of carbonyl (C=O) groups is 2. The second kappa shape index (κ2) is 16.7. The summed E-state index contributed by atoms with van der Waals surface area (Å²) in [5.41, 5.74) is 7.84. The fourth-order valence-electron chi connectivity index (χ4n) is 4.06. The van der Waals surface area contributed by atoms with Crippen molar-refractivity contribution in [1.82, 2.24) is 10.9 Å². The number of nitrogens with zero attached hydrogens (tertiary/aromatic N) is 4. The van der Waals surface area contributed by atoms with Crippen molar-refractivity contribution in [2.45, 2.75) is 59.8 Å². The highest BCUT2D eigenvalue weighted by Gasteiger charge is 2.08. The number of anilines is 2. The Morgan fingerprint density at radius 2 is 1.08 bits per heavy atom. The topological polar surface area (TPSA) is 130 Å². The van der Waals surface area contributed by atoms with Crippen molar-refractivity contribution < 1.29 is 19.8 Å². The number of amides is 2. The van der Waals surface area contributed by atoms with Crippen LogP contribution in [-0.4, -0.2) is 60.6 Å². The van der Waals surface area contributed by atoms with Crippen molar-refractivity contribution in [3.63, 3.8) is 0 Å². The van der Waals surface area contributed by atoms with E-state index in [1.165, 1.54) is 12.4 Å². The van der Waals surface area contributed by atoms with Gasteiger partial charge in [0, 0.05) is 73.7 Å². The van der Waals surface area contributed by atoms with Crippen molar-refractivity contribution in [3.05, 3.63) is 47.5 Å². The van der Waals surface area contributed by atoms with Crippen LogP contribution in [0.2, 0.25) is 0 Å². The number of phenolic OH excluding ortho intramolecular Hbond substituents is 2. The predicted octanol–water partition coefficient (Wildman–Crippen LogP) is 4.34. The van der Waals surface area contributed by atoms with Gasteiger partial charge in [0.25, 0.3) is 0 Å². The number of hydrogen-bond donors (Lipinski definition) is 4. The SMILES string of the molecule is CCN(CC)c1ccc(/C=N/NC(=O)CCCCCC(=O)N/N=C/c2ccc(N(CC)CC)cc2O)c(O)c1. The van der Waals surface area contributed by atoms with Gasteiger partial charge in [0.1, 0.15) is 11.5 Å². The van der Waals surface area contributed by atoms with E-state index in [9.17, 15) is 19.8 Å². The van der Waals surface area contributed by atoms with Crippen LogP contribution in [0.4, 0.5) is 11.4 Å². The molecule has 0 aliphatic heterocycles. The maximum atomic E-state index is 12.0. The number of hydrazone groups is 2. The van der Waals surface area contributed by atoms with Crippen molar-refractivity contribution in [2.24, 2.45) is 10.2 Å². The fraction of sp³-hybridized carbons (Fsp3) is 0.448. The summed E-state index contributed by atoms with van der Waals surface area (Å²) in [6.45, 7) is 11.6. The minimum Gasteiger partial charge on any atom is -0.507 e.